The molecule has 2 amide bonds. The lowest BCUT2D eigenvalue weighted by Crippen LogP contribution is -2.46. The van der Waals surface area contributed by atoms with Crippen LogP contribution in [0.2, 0.25) is 0 Å². The molecule has 1 heterocycles. The number of carbonyl (C=O) groups excluding carboxylic acids is 2. The van der Waals surface area contributed by atoms with Gasteiger partial charge in [-0.3, -0.25) is 9.59 Å². The number of nitrogens with one attached hydrogen (secondary N) is 2. The molecule has 0 saturated carbocycles. The van der Waals surface area contributed by atoms with Gasteiger partial charge in [-0.1, -0.05) is 0 Å². The van der Waals surface area contributed by atoms with Crippen molar-refractivity contribution in [3.8, 4) is 5.75 Å². The fourth-order valence-corrected chi connectivity index (χ4v) is 2.83. The van der Waals surface area contributed by atoms with Crippen LogP contribution in [0.4, 0.5) is 0 Å². The van der Waals surface area contributed by atoms with E-state index in [9.17, 15) is 18.0 Å². The smallest absolute Gasteiger partial charge is 0.287 e. The molecule has 0 unspecified atom stereocenters. The molecule has 1 aromatic carbocycles. The highest BCUT2D eigenvalue weighted by Crippen LogP contribution is 2.15. The molecule has 8 nitrogen and oxygen atoms in total. The molecule has 0 saturated heterocycles. The molecule has 2 N–H and O–H groups in total. The summed E-state index contributed by atoms with van der Waals surface area (Å²) < 4.78 is 36.1. The number of hydrogen-bond acceptors (Lipinski definition) is 6. The second kappa shape index (κ2) is 7.18. The minimum Gasteiger partial charge on any atom is -0.497 e. The van der Waals surface area contributed by atoms with Crippen LogP contribution in [0.25, 0.3) is 0 Å². The summed E-state index contributed by atoms with van der Waals surface area (Å²) in [5.41, 5.74) is 0. The van der Waals surface area contributed by atoms with Crippen molar-refractivity contribution in [2.75, 3.05) is 7.11 Å². The minimum atomic E-state index is -4.05. The molecule has 128 valence electrons. The van der Waals surface area contributed by atoms with Crippen molar-refractivity contribution in [3.63, 3.8) is 0 Å². The van der Waals surface area contributed by atoms with E-state index >= 15 is 0 Å². The number of amides is 2. The van der Waals surface area contributed by atoms with E-state index in [1.807, 2.05) is 4.72 Å². The van der Waals surface area contributed by atoms with Crippen LogP contribution in [0.5, 0.6) is 5.75 Å². The first-order valence-electron chi connectivity index (χ1n) is 6.88. The van der Waals surface area contributed by atoms with E-state index in [-0.39, 0.29) is 10.7 Å². The van der Waals surface area contributed by atoms with Gasteiger partial charge in [0.25, 0.3) is 21.8 Å². The molecule has 0 aliphatic rings. The summed E-state index contributed by atoms with van der Waals surface area (Å²) in [5.74, 6) is -0.984. The maximum absolute atomic E-state index is 12.2. The third-order valence-electron chi connectivity index (χ3n) is 3.09. The van der Waals surface area contributed by atoms with Gasteiger partial charge in [-0.2, -0.15) is 0 Å². The van der Waals surface area contributed by atoms with Crippen molar-refractivity contribution < 1.29 is 27.2 Å². The van der Waals surface area contributed by atoms with Crippen molar-refractivity contribution >= 4 is 21.8 Å². The van der Waals surface area contributed by atoms with E-state index in [4.69, 9.17) is 9.15 Å². The fraction of sp³-hybridized carbons (Fsp3) is 0.200. The summed E-state index contributed by atoms with van der Waals surface area (Å²) in [7, 11) is -2.60. The molecular weight excluding hydrogens is 336 g/mol. The first kappa shape index (κ1) is 17.5. The highest BCUT2D eigenvalue weighted by atomic mass is 32.2. The Hall–Kier alpha value is -2.81. The van der Waals surface area contributed by atoms with Crippen LogP contribution >= 0.6 is 0 Å². The average Bonchev–Trinajstić information content (AvgIpc) is 3.09. The van der Waals surface area contributed by atoms with Gasteiger partial charge in [-0.15, -0.1) is 0 Å². The van der Waals surface area contributed by atoms with E-state index in [1.54, 1.807) is 0 Å². The molecule has 1 atom stereocenters. The molecule has 24 heavy (non-hydrogen) atoms. The van der Waals surface area contributed by atoms with Gasteiger partial charge in [0.05, 0.1) is 18.3 Å². The van der Waals surface area contributed by atoms with Crippen molar-refractivity contribution in [2.24, 2.45) is 0 Å². The normalized spacial score (nSPS) is 12.2. The highest BCUT2D eigenvalue weighted by molar-refractivity contribution is 7.90. The minimum absolute atomic E-state index is 0.0210. The second-order valence-corrected chi connectivity index (χ2v) is 6.50. The molecule has 0 radical (unpaired) electrons. The van der Waals surface area contributed by atoms with Crippen LogP contribution in [0.15, 0.2) is 52.0 Å². The van der Waals surface area contributed by atoms with Crippen LogP contribution in [-0.4, -0.2) is 33.4 Å². The lowest BCUT2D eigenvalue weighted by atomic mass is 10.3. The SMILES string of the molecule is COc1ccc(S(=O)(=O)NC(=O)[C@H](C)NC(=O)c2ccco2)cc1. The molecule has 0 aliphatic carbocycles. The van der Waals surface area contributed by atoms with Crippen LogP contribution < -0.4 is 14.8 Å². The number of benzene rings is 1. The summed E-state index contributed by atoms with van der Waals surface area (Å²) in [6, 6.07) is 7.40. The van der Waals surface area contributed by atoms with Gasteiger partial charge >= 0.3 is 0 Å². The molecule has 0 aliphatic heterocycles. The largest absolute Gasteiger partial charge is 0.497 e. The number of sulfonamides is 1. The molecular formula is C15H16N2O6S. The average molecular weight is 352 g/mol. The molecule has 9 heteroatoms. The Balaban J connectivity index is 2.02. The predicted molar refractivity (Wildman–Crippen MR) is 84.0 cm³/mol. The van der Waals surface area contributed by atoms with Crippen LogP contribution in [-0.2, 0) is 14.8 Å². The van der Waals surface area contributed by atoms with Crippen molar-refractivity contribution in [2.45, 2.75) is 17.9 Å². The number of ether oxygens (including phenoxy) is 1. The number of hydrogen-bond donors (Lipinski definition) is 2. The molecule has 2 rings (SSSR count). The van der Waals surface area contributed by atoms with Gasteiger partial charge in [0.1, 0.15) is 11.8 Å². The van der Waals surface area contributed by atoms with Gasteiger partial charge < -0.3 is 14.5 Å². The quantitative estimate of drug-likeness (QED) is 0.799. The van der Waals surface area contributed by atoms with E-state index in [2.05, 4.69) is 5.32 Å². The summed E-state index contributed by atoms with van der Waals surface area (Å²) in [5, 5.41) is 2.35. The lowest BCUT2D eigenvalue weighted by molar-refractivity contribution is -0.120. The third kappa shape index (κ3) is 4.13. The molecule has 0 bridgehead atoms. The Morgan fingerprint density at radius 1 is 1.17 bits per heavy atom. The van der Waals surface area contributed by atoms with Crippen molar-refractivity contribution in [1.82, 2.24) is 10.0 Å². The molecule has 0 fully saturated rings. The summed E-state index contributed by atoms with van der Waals surface area (Å²) >= 11 is 0. The Labute approximate surface area is 138 Å². The zero-order valence-corrected chi connectivity index (χ0v) is 13.8. The Bertz CT molecular complexity index is 812. The van der Waals surface area contributed by atoms with E-state index in [0.29, 0.717) is 5.75 Å². The van der Waals surface area contributed by atoms with Crippen LogP contribution in [0.3, 0.4) is 0 Å². The molecule has 2 aromatic rings. The fourth-order valence-electron chi connectivity index (χ4n) is 1.78. The van der Waals surface area contributed by atoms with Gasteiger partial charge in [0.2, 0.25) is 0 Å². The topological polar surface area (TPSA) is 115 Å². The number of methoxy groups -OCH3 is 1. The van der Waals surface area contributed by atoms with Crippen LogP contribution in [0.1, 0.15) is 17.5 Å². The van der Waals surface area contributed by atoms with E-state index in [0.717, 1.165) is 0 Å². The van der Waals surface area contributed by atoms with Gasteiger partial charge in [0.15, 0.2) is 5.76 Å². The molecule has 0 spiro atoms. The summed E-state index contributed by atoms with van der Waals surface area (Å²) in [4.78, 5) is 23.7. The Morgan fingerprint density at radius 3 is 2.38 bits per heavy atom. The number of carbonyl (C=O) groups is 2. The zero-order chi connectivity index (χ0) is 17.7. The maximum atomic E-state index is 12.2. The summed E-state index contributed by atoms with van der Waals surface area (Å²) in [6.07, 6.45) is 1.31. The van der Waals surface area contributed by atoms with Gasteiger partial charge in [-0.05, 0) is 43.3 Å². The van der Waals surface area contributed by atoms with E-state index < -0.39 is 27.9 Å². The lowest BCUT2D eigenvalue weighted by Gasteiger charge is -2.13. The maximum Gasteiger partial charge on any atom is 0.287 e. The monoisotopic (exact) mass is 352 g/mol. The second-order valence-electron chi connectivity index (χ2n) is 4.82. The molecule has 1 aromatic heterocycles. The Morgan fingerprint density at radius 2 is 1.83 bits per heavy atom. The number of rotatable bonds is 6. The van der Waals surface area contributed by atoms with E-state index in [1.165, 1.54) is 56.7 Å². The van der Waals surface area contributed by atoms with Gasteiger partial charge in [-0.25, -0.2) is 13.1 Å². The van der Waals surface area contributed by atoms with Gasteiger partial charge in [0, 0.05) is 0 Å². The summed E-state index contributed by atoms with van der Waals surface area (Å²) in [6.45, 7) is 1.36. The predicted octanol–water partition coefficient (Wildman–Crippen LogP) is 0.912. The van der Waals surface area contributed by atoms with Crippen molar-refractivity contribution in [1.29, 1.82) is 0 Å². The zero-order valence-electron chi connectivity index (χ0n) is 13.0. The standard InChI is InChI=1S/C15H16N2O6S/c1-10(16-15(19)13-4-3-9-23-13)14(18)17-24(20,21)12-7-5-11(22-2)6-8-12/h3-10H,1-2H3,(H,16,19)(H,17,18)/t10-/m0/s1. The van der Waals surface area contributed by atoms with Crippen LogP contribution in [0, 0.1) is 0 Å². The number of furan rings is 1. The first-order chi connectivity index (χ1) is 11.3. The first-order valence-corrected chi connectivity index (χ1v) is 8.37. The third-order valence-corrected chi connectivity index (χ3v) is 4.45. The Kier molecular flexibility index (Phi) is 5.24. The van der Waals surface area contributed by atoms with Crippen molar-refractivity contribution in [3.05, 3.63) is 48.4 Å². The highest BCUT2D eigenvalue weighted by Gasteiger charge is 2.23.